The second-order valence-electron chi connectivity index (χ2n) is 6.09. The van der Waals surface area contributed by atoms with E-state index >= 15 is 0 Å². The van der Waals surface area contributed by atoms with E-state index in [2.05, 4.69) is 0 Å². The zero-order chi connectivity index (χ0) is 19.3. The van der Waals surface area contributed by atoms with E-state index < -0.39 is 10.8 Å². The minimum Gasteiger partial charge on any atom is -0.493 e. The van der Waals surface area contributed by atoms with Gasteiger partial charge in [0.15, 0.2) is 11.5 Å². The van der Waals surface area contributed by atoms with Crippen LogP contribution in [0.2, 0.25) is 0 Å². The van der Waals surface area contributed by atoms with Crippen LogP contribution in [0.4, 0.5) is 5.69 Å². The van der Waals surface area contributed by atoms with Crippen molar-refractivity contribution in [2.45, 2.75) is 26.1 Å². The predicted octanol–water partition coefficient (Wildman–Crippen LogP) is 1.88. The van der Waals surface area contributed by atoms with Crippen molar-refractivity contribution in [3.8, 4) is 11.5 Å². The highest BCUT2D eigenvalue weighted by Gasteiger charge is 2.32. The number of nitrogens with zero attached hydrogens (tertiary/aromatic N) is 2. The topological polar surface area (TPSA) is 100 Å². The molecule has 1 saturated heterocycles. The molecule has 1 aliphatic heterocycles. The van der Waals surface area contributed by atoms with Crippen LogP contribution in [-0.2, 0) is 9.47 Å². The van der Waals surface area contributed by atoms with Crippen molar-refractivity contribution in [1.29, 1.82) is 0 Å². The van der Waals surface area contributed by atoms with Gasteiger partial charge in [-0.1, -0.05) is 0 Å². The number of nitro benzene ring substituents is 1. The molecule has 0 radical (unpaired) electrons. The number of rotatable bonds is 7. The first-order valence-corrected chi connectivity index (χ1v) is 8.30. The Morgan fingerprint density at radius 1 is 1.23 bits per heavy atom. The molecule has 1 aromatic carbocycles. The fraction of sp³-hybridized carbons (Fsp3) is 0.588. The normalized spacial score (nSPS) is 19.9. The molecule has 0 N–H and O–H groups in total. The van der Waals surface area contributed by atoms with E-state index in [-0.39, 0.29) is 41.6 Å². The van der Waals surface area contributed by atoms with Gasteiger partial charge in [-0.15, -0.1) is 0 Å². The number of hydrogen-bond acceptors (Lipinski definition) is 7. The van der Waals surface area contributed by atoms with Gasteiger partial charge < -0.3 is 23.8 Å². The summed E-state index contributed by atoms with van der Waals surface area (Å²) in [6.07, 6.45) is -0.277. The summed E-state index contributed by atoms with van der Waals surface area (Å²) in [5, 5.41) is 11.5. The first-order valence-electron chi connectivity index (χ1n) is 8.30. The van der Waals surface area contributed by atoms with Gasteiger partial charge in [-0.25, -0.2) is 0 Å². The fourth-order valence-electron chi connectivity index (χ4n) is 2.89. The van der Waals surface area contributed by atoms with Crippen LogP contribution in [0, 0.1) is 10.1 Å². The Morgan fingerprint density at radius 2 is 1.88 bits per heavy atom. The summed E-state index contributed by atoms with van der Waals surface area (Å²) < 4.78 is 21.2. The highest BCUT2D eigenvalue weighted by molar-refractivity contribution is 5.99. The second-order valence-corrected chi connectivity index (χ2v) is 6.09. The number of hydrogen-bond donors (Lipinski definition) is 0. The number of nitro groups is 1. The van der Waals surface area contributed by atoms with Crippen molar-refractivity contribution in [3.63, 3.8) is 0 Å². The van der Waals surface area contributed by atoms with Crippen molar-refractivity contribution in [1.82, 2.24) is 4.90 Å². The Kier molecular flexibility index (Phi) is 6.76. The molecule has 26 heavy (non-hydrogen) atoms. The molecule has 2 rings (SSSR count). The van der Waals surface area contributed by atoms with E-state index in [4.69, 9.17) is 18.9 Å². The zero-order valence-corrected chi connectivity index (χ0v) is 15.4. The summed E-state index contributed by atoms with van der Waals surface area (Å²) in [5.41, 5.74) is -0.359. The summed E-state index contributed by atoms with van der Waals surface area (Å²) >= 11 is 0. The van der Waals surface area contributed by atoms with Gasteiger partial charge >= 0.3 is 0 Å². The van der Waals surface area contributed by atoms with Crippen LogP contribution < -0.4 is 9.47 Å². The lowest BCUT2D eigenvalue weighted by molar-refractivity contribution is -0.385. The van der Waals surface area contributed by atoms with E-state index in [0.717, 1.165) is 0 Å². The lowest BCUT2D eigenvalue weighted by Crippen LogP contribution is -2.48. The molecule has 144 valence electrons. The van der Waals surface area contributed by atoms with Crippen LogP contribution in [-0.4, -0.2) is 68.5 Å². The van der Waals surface area contributed by atoms with Gasteiger partial charge in [-0.05, 0) is 13.8 Å². The third kappa shape index (κ3) is 4.61. The van der Waals surface area contributed by atoms with Crippen molar-refractivity contribution in [3.05, 3.63) is 27.8 Å². The lowest BCUT2D eigenvalue weighted by Gasteiger charge is -2.35. The number of ether oxygens (including phenoxy) is 4. The summed E-state index contributed by atoms with van der Waals surface area (Å²) in [4.78, 5) is 25.4. The Labute approximate surface area is 151 Å². The molecule has 1 aromatic rings. The average molecular weight is 368 g/mol. The SMILES string of the molecule is COCCOc1cc([N+](=O)[O-])c(C(=O)N2CC(C)OC(C)C2)cc1OC. The summed E-state index contributed by atoms with van der Waals surface area (Å²) in [6.45, 7) is 4.98. The molecule has 0 bridgehead atoms. The van der Waals surface area contributed by atoms with Crippen molar-refractivity contribution >= 4 is 11.6 Å². The van der Waals surface area contributed by atoms with E-state index in [0.29, 0.717) is 19.7 Å². The van der Waals surface area contributed by atoms with Crippen molar-refractivity contribution < 1.29 is 28.7 Å². The van der Waals surface area contributed by atoms with Crippen LogP contribution in [0.1, 0.15) is 24.2 Å². The van der Waals surface area contributed by atoms with Crippen molar-refractivity contribution in [2.75, 3.05) is 40.5 Å². The molecular formula is C17H24N2O7. The second kappa shape index (κ2) is 8.81. The number of methoxy groups -OCH3 is 2. The largest absolute Gasteiger partial charge is 0.493 e. The fourth-order valence-corrected chi connectivity index (χ4v) is 2.89. The molecule has 0 aliphatic carbocycles. The maximum atomic E-state index is 12.9. The molecule has 1 fully saturated rings. The molecular weight excluding hydrogens is 344 g/mol. The summed E-state index contributed by atoms with van der Waals surface area (Å²) in [6, 6.07) is 2.57. The standard InChI is InChI=1S/C17H24N2O7/c1-11-9-18(10-12(2)26-11)17(20)13-7-15(24-4)16(25-6-5-23-3)8-14(13)19(21)22/h7-8,11-12H,5-6,9-10H2,1-4H3. The molecule has 0 spiro atoms. The number of carbonyl (C=O) groups excluding carboxylic acids is 1. The first-order chi connectivity index (χ1) is 12.4. The minimum atomic E-state index is -0.594. The molecule has 2 unspecified atom stereocenters. The summed E-state index contributed by atoms with van der Waals surface area (Å²) in [7, 11) is 2.94. The molecule has 0 saturated carbocycles. The maximum Gasteiger partial charge on any atom is 0.286 e. The third-order valence-electron chi connectivity index (χ3n) is 3.96. The minimum absolute atomic E-state index is 0.0350. The van der Waals surface area contributed by atoms with Gasteiger partial charge in [0.2, 0.25) is 0 Å². The number of carbonyl (C=O) groups is 1. The van der Waals surface area contributed by atoms with Crippen LogP contribution in [0.3, 0.4) is 0 Å². The molecule has 9 heteroatoms. The summed E-state index contributed by atoms with van der Waals surface area (Å²) in [5.74, 6) is 0.0152. The van der Waals surface area contributed by atoms with Gasteiger partial charge in [0.25, 0.3) is 11.6 Å². The highest BCUT2D eigenvalue weighted by Crippen LogP contribution is 2.35. The average Bonchev–Trinajstić information content (AvgIpc) is 2.59. The number of amides is 1. The van der Waals surface area contributed by atoms with E-state index in [9.17, 15) is 14.9 Å². The third-order valence-corrected chi connectivity index (χ3v) is 3.96. The van der Waals surface area contributed by atoms with Crippen LogP contribution in [0.25, 0.3) is 0 Å². The predicted molar refractivity (Wildman–Crippen MR) is 92.9 cm³/mol. The quantitative estimate of drug-likeness (QED) is 0.411. The van der Waals surface area contributed by atoms with E-state index in [1.807, 2.05) is 13.8 Å². The van der Waals surface area contributed by atoms with E-state index in [1.165, 1.54) is 26.4 Å². The van der Waals surface area contributed by atoms with Crippen molar-refractivity contribution in [2.24, 2.45) is 0 Å². The van der Waals surface area contributed by atoms with Crippen LogP contribution >= 0.6 is 0 Å². The van der Waals surface area contributed by atoms with Crippen LogP contribution in [0.5, 0.6) is 11.5 Å². The van der Waals surface area contributed by atoms with Gasteiger partial charge in [0.05, 0.1) is 36.9 Å². The Bertz CT molecular complexity index is 655. The Balaban J connectivity index is 2.36. The van der Waals surface area contributed by atoms with Crippen LogP contribution in [0.15, 0.2) is 12.1 Å². The highest BCUT2D eigenvalue weighted by atomic mass is 16.6. The molecule has 9 nitrogen and oxygen atoms in total. The Hall–Kier alpha value is -2.39. The van der Waals surface area contributed by atoms with Gasteiger partial charge in [0, 0.05) is 26.3 Å². The maximum absolute atomic E-state index is 12.9. The van der Waals surface area contributed by atoms with E-state index in [1.54, 1.807) is 4.90 Å². The molecule has 0 aromatic heterocycles. The van der Waals surface area contributed by atoms with Gasteiger partial charge in [-0.2, -0.15) is 0 Å². The van der Waals surface area contributed by atoms with Gasteiger partial charge in [0.1, 0.15) is 12.2 Å². The molecule has 1 heterocycles. The van der Waals surface area contributed by atoms with Gasteiger partial charge in [-0.3, -0.25) is 14.9 Å². The smallest absolute Gasteiger partial charge is 0.286 e. The Morgan fingerprint density at radius 3 is 2.42 bits per heavy atom. The number of morpholine rings is 1. The lowest BCUT2D eigenvalue weighted by atomic mass is 10.1. The number of benzene rings is 1. The monoisotopic (exact) mass is 368 g/mol. The molecule has 1 amide bonds. The zero-order valence-electron chi connectivity index (χ0n) is 15.4. The first kappa shape index (κ1) is 19.9. The molecule has 1 aliphatic rings. The molecule has 2 atom stereocenters.